The Hall–Kier alpha value is -3.29. The number of aryl methyl sites for hydroxylation is 4. The van der Waals surface area contributed by atoms with E-state index in [0.29, 0.717) is 5.88 Å². The summed E-state index contributed by atoms with van der Waals surface area (Å²) in [6.45, 7) is 0. The molecule has 3 heterocycles. The zero-order valence-corrected chi connectivity index (χ0v) is 17.7. The van der Waals surface area contributed by atoms with E-state index in [-0.39, 0.29) is 6.42 Å². The highest BCUT2D eigenvalue weighted by Crippen LogP contribution is 2.22. The van der Waals surface area contributed by atoms with Crippen LogP contribution in [0.25, 0.3) is 0 Å². The van der Waals surface area contributed by atoms with Crippen molar-refractivity contribution in [2.45, 2.75) is 57.4 Å². The molecule has 162 valence electrons. The number of aromatic nitrogens is 5. The van der Waals surface area contributed by atoms with Crippen LogP contribution < -0.4 is 4.74 Å². The predicted octanol–water partition coefficient (Wildman–Crippen LogP) is 3.19. The Labute approximate surface area is 181 Å². The summed E-state index contributed by atoms with van der Waals surface area (Å²) in [4.78, 5) is 21.9. The van der Waals surface area contributed by atoms with Gasteiger partial charge in [-0.05, 0) is 68.2 Å². The Morgan fingerprint density at radius 2 is 1.97 bits per heavy atom. The van der Waals surface area contributed by atoms with Crippen molar-refractivity contribution < 1.29 is 14.6 Å². The maximum absolute atomic E-state index is 11.4. The van der Waals surface area contributed by atoms with E-state index < -0.39 is 12.0 Å². The third-order valence-electron chi connectivity index (χ3n) is 5.66. The molecule has 0 bridgehead atoms. The lowest BCUT2D eigenvalue weighted by Crippen LogP contribution is -2.18. The van der Waals surface area contributed by atoms with Crippen molar-refractivity contribution in [1.29, 1.82) is 0 Å². The van der Waals surface area contributed by atoms with Crippen molar-refractivity contribution in [2.24, 2.45) is 0 Å². The maximum Gasteiger partial charge on any atom is 0.305 e. The zero-order valence-electron chi connectivity index (χ0n) is 17.7. The third kappa shape index (κ3) is 5.25. The fraction of sp³-hybridized carbons (Fsp3) is 0.435. The highest BCUT2D eigenvalue weighted by molar-refractivity contribution is 5.68. The van der Waals surface area contributed by atoms with Crippen LogP contribution in [0.5, 0.6) is 5.88 Å². The topological polar surface area (TPSA) is 103 Å². The average molecular weight is 422 g/mol. The first-order chi connectivity index (χ1) is 15.1. The molecule has 8 heteroatoms. The summed E-state index contributed by atoms with van der Waals surface area (Å²) >= 11 is 0. The third-order valence-corrected chi connectivity index (χ3v) is 5.66. The zero-order chi connectivity index (χ0) is 21.6. The van der Waals surface area contributed by atoms with E-state index in [9.17, 15) is 9.90 Å². The van der Waals surface area contributed by atoms with Crippen molar-refractivity contribution in [2.75, 3.05) is 7.11 Å². The number of rotatable bonds is 9. The second-order valence-corrected chi connectivity index (χ2v) is 7.87. The van der Waals surface area contributed by atoms with Crippen LogP contribution in [0.1, 0.15) is 59.9 Å². The summed E-state index contributed by atoms with van der Waals surface area (Å²) in [5.74, 6) is -0.444. The minimum Gasteiger partial charge on any atom is -0.481 e. The Bertz CT molecular complexity index is 1030. The SMILES string of the molecule is COc1ccc(C(CC(=O)O)n2ncc(CCCc3ccc4c(n3)CCCC4)n2)cn1. The lowest BCUT2D eigenvalue weighted by Gasteiger charge is -2.15. The molecular weight excluding hydrogens is 394 g/mol. The first-order valence-electron chi connectivity index (χ1n) is 10.7. The number of aliphatic carboxylic acids is 1. The number of carboxylic acids is 1. The summed E-state index contributed by atoms with van der Waals surface area (Å²) in [5, 5.41) is 18.2. The van der Waals surface area contributed by atoms with Crippen molar-refractivity contribution in [3.05, 3.63) is 64.9 Å². The van der Waals surface area contributed by atoms with Gasteiger partial charge in [0, 0.05) is 23.7 Å². The lowest BCUT2D eigenvalue weighted by molar-refractivity contribution is -0.137. The fourth-order valence-electron chi connectivity index (χ4n) is 4.00. The normalized spacial score (nSPS) is 14.1. The van der Waals surface area contributed by atoms with Gasteiger partial charge < -0.3 is 9.84 Å². The molecule has 0 saturated carbocycles. The largest absolute Gasteiger partial charge is 0.481 e. The van der Waals surface area contributed by atoms with Gasteiger partial charge in [0.05, 0.1) is 25.4 Å². The van der Waals surface area contributed by atoms with Crippen LogP contribution in [0.4, 0.5) is 0 Å². The molecule has 0 spiro atoms. The van der Waals surface area contributed by atoms with Crippen LogP contribution in [0.15, 0.2) is 36.7 Å². The van der Waals surface area contributed by atoms with Gasteiger partial charge in [-0.15, -0.1) is 0 Å². The predicted molar refractivity (Wildman–Crippen MR) is 114 cm³/mol. The van der Waals surface area contributed by atoms with Crippen LogP contribution >= 0.6 is 0 Å². The summed E-state index contributed by atoms with van der Waals surface area (Å²) in [6, 6.07) is 7.35. The number of fused-ring (bicyclic) bond motifs is 1. The molecule has 0 aromatic carbocycles. The van der Waals surface area contributed by atoms with Gasteiger partial charge in [-0.2, -0.15) is 15.0 Å². The van der Waals surface area contributed by atoms with Gasteiger partial charge in [-0.1, -0.05) is 6.07 Å². The number of hydrogen-bond acceptors (Lipinski definition) is 6. The Morgan fingerprint density at radius 1 is 1.13 bits per heavy atom. The second-order valence-electron chi connectivity index (χ2n) is 7.87. The molecule has 8 nitrogen and oxygen atoms in total. The highest BCUT2D eigenvalue weighted by atomic mass is 16.5. The Morgan fingerprint density at radius 3 is 2.74 bits per heavy atom. The molecule has 1 aliphatic carbocycles. The molecule has 3 aromatic rings. The number of methoxy groups -OCH3 is 1. The van der Waals surface area contributed by atoms with Crippen LogP contribution in [0.2, 0.25) is 0 Å². The molecule has 0 saturated heterocycles. The van der Waals surface area contributed by atoms with Crippen molar-refractivity contribution >= 4 is 5.97 Å². The van der Waals surface area contributed by atoms with E-state index in [1.165, 1.54) is 36.0 Å². The summed E-state index contributed by atoms with van der Waals surface area (Å²) < 4.78 is 5.08. The first kappa shape index (κ1) is 21.0. The smallest absolute Gasteiger partial charge is 0.305 e. The number of pyridine rings is 2. The molecule has 0 amide bonds. The number of hydrogen-bond donors (Lipinski definition) is 1. The van der Waals surface area contributed by atoms with Gasteiger partial charge in [0.25, 0.3) is 0 Å². The maximum atomic E-state index is 11.4. The molecule has 0 aliphatic heterocycles. The van der Waals surface area contributed by atoms with Gasteiger partial charge in [0.2, 0.25) is 5.88 Å². The Kier molecular flexibility index (Phi) is 6.54. The molecule has 1 unspecified atom stereocenters. The van der Waals surface area contributed by atoms with Crippen LogP contribution in [0.3, 0.4) is 0 Å². The minimum absolute atomic E-state index is 0.124. The molecule has 0 fully saturated rings. The molecular formula is C23H27N5O3. The van der Waals surface area contributed by atoms with Gasteiger partial charge >= 0.3 is 5.97 Å². The molecule has 1 N–H and O–H groups in total. The Balaban J connectivity index is 1.40. The van der Waals surface area contributed by atoms with E-state index in [2.05, 4.69) is 27.3 Å². The number of ether oxygens (including phenoxy) is 1. The van der Waals surface area contributed by atoms with Crippen LogP contribution in [-0.2, 0) is 30.5 Å². The standard InChI is InChI=1S/C23H27N5O3/c1-31-22-12-10-17(14-24-22)21(13-23(29)30)28-25-15-19(27-28)7-4-6-18-11-9-16-5-2-3-8-20(16)26-18/h9-12,14-15,21H,2-8,13H2,1H3,(H,29,30). The monoisotopic (exact) mass is 421 g/mol. The number of nitrogens with zero attached hydrogens (tertiary/aromatic N) is 5. The highest BCUT2D eigenvalue weighted by Gasteiger charge is 2.21. The number of carboxylic acid groups (broad SMARTS) is 1. The molecule has 3 aromatic heterocycles. The van der Waals surface area contributed by atoms with Gasteiger partial charge in [-0.3, -0.25) is 9.78 Å². The van der Waals surface area contributed by atoms with E-state index in [4.69, 9.17) is 9.72 Å². The summed E-state index contributed by atoms with van der Waals surface area (Å²) in [5.41, 5.74) is 5.36. The summed E-state index contributed by atoms with van der Waals surface area (Å²) in [7, 11) is 1.54. The fourth-order valence-corrected chi connectivity index (χ4v) is 4.00. The number of carbonyl (C=O) groups is 1. The van der Waals surface area contributed by atoms with E-state index in [1.807, 2.05) is 0 Å². The van der Waals surface area contributed by atoms with Crippen LogP contribution in [0, 0.1) is 0 Å². The molecule has 1 atom stereocenters. The van der Waals surface area contributed by atoms with E-state index in [1.54, 1.807) is 24.5 Å². The second kappa shape index (κ2) is 9.68. The molecule has 0 radical (unpaired) electrons. The van der Waals surface area contributed by atoms with Crippen molar-refractivity contribution in [3.8, 4) is 5.88 Å². The van der Waals surface area contributed by atoms with Crippen molar-refractivity contribution in [3.63, 3.8) is 0 Å². The van der Waals surface area contributed by atoms with Crippen molar-refractivity contribution in [1.82, 2.24) is 25.0 Å². The lowest BCUT2D eigenvalue weighted by atomic mass is 9.95. The minimum atomic E-state index is -0.918. The quantitative estimate of drug-likeness (QED) is 0.566. The van der Waals surface area contributed by atoms with Gasteiger partial charge in [-0.25, -0.2) is 4.98 Å². The summed E-state index contributed by atoms with van der Waals surface area (Å²) in [6.07, 6.45) is 10.5. The van der Waals surface area contributed by atoms with Crippen LogP contribution in [-0.4, -0.2) is 43.1 Å². The average Bonchev–Trinajstić information content (AvgIpc) is 3.26. The van der Waals surface area contributed by atoms with E-state index in [0.717, 1.165) is 49.1 Å². The van der Waals surface area contributed by atoms with Gasteiger partial charge in [0.1, 0.15) is 6.04 Å². The molecule has 31 heavy (non-hydrogen) atoms. The van der Waals surface area contributed by atoms with Gasteiger partial charge in [0.15, 0.2) is 0 Å². The first-order valence-corrected chi connectivity index (χ1v) is 10.7. The molecule has 1 aliphatic rings. The van der Waals surface area contributed by atoms with E-state index >= 15 is 0 Å². The molecule has 4 rings (SSSR count).